The number of likely N-dealkylation sites (tertiary alicyclic amines) is 2. The first kappa shape index (κ1) is 20.1. The van der Waals surface area contributed by atoms with Gasteiger partial charge in [0, 0.05) is 65.5 Å². The Labute approximate surface area is 164 Å². The molecule has 2 fully saturated rings. The molecule has 2 aliphatic rings. The minimum atomic E-state index is -0.334. The fraction of sp³-hybridized carbons (Fsp3) is 0.550. The highest BCUT2D eigenvalue weighted by atomic mass is 19.1. The second-order valence-electron chi connectivity index (χ2n) is 7.78. The normalized spacial score (nSPS) is 23.5. The molecule has 2 saturated heterocycles. The highest BCUT2D eigenvalue weighted by molar-refractivity contribution is 5.79. The van der Waals surface area contributed by atoms with Gasteiger partial charge in [-0.1, -0.05) is 12.1 Å². The number of amides is 4. The van der Waals surface area contributed by atoms with Crippen molar-refractivity contribution < 1.29 is 18.8 Å². The van der Waals surface area contributed by atoms with E-state index in [-0.39, 0.29) is 48.0 Å². The van der Waals surface area contributed by atoms with Gasteiger partial charge in [0.15, 0.2) is 0 Å². The number of urea groups is 1. The van der Waals surface area contributed by atoms with Crippen LogP contribution in [0.3, 0.4) is 0 Å². The molecule has 2 aliphatic heterocycles. The molecule has 0 radical (unpaired) electrons. The summed E-state index contributed by atoms with van der Waals surface area (Å²) in [5.74, 6) is -0.279. The minimum Gasteiger partial charge on any atom is -0.356 e. The summed E-state index contributed by atoms with van der Waals surface area (Å²) in [5.41, 5.74) is 0.759. The number of carbonyl (C=O) groups excluding carboxylic acids is 3. The van der Waals surface area contributed by atoms with E-state index < -0.39 is 0 Å². The maximum Gasteiger partial charge on any atom is 0.320 e. The molecular weight excluding hydrogens is 363 g/mol. The number of carbonyl (C=O) groups is 3. The molecule has 0 bridgehead atoms. The molecule has 0 spiro atoms. The monoisotopic (exact) mass is 390 g/mol. The van der Waals surface area contributed by atoms with Crippen molar-refractivity contribution in [3.63, 3.8) is 0 Å². The quantitative estimate of drug-likeness (QED) is 0.846. The van der Waals surface area contributed by atoms with Crippen LogP contribution in [0.25, 0.3) is 0 Å². The first-order valence-electron chi connectivity index (χ1n) is 9.53. The average molecular weight is 390 g/mol. The van der Waals surface area contributed by atoms with Crippen LogP contribution in [0.2, 0.25) is 0 Å². The van der Waals surface area contributed by atoms with Gasteiger partial charge in [0.05, 0.1) is 6.04 Å². The summed E-state index contributed by atoms with van der Waals surface area (Å²) in [4.78, 5) is 41.3. The van der Waals surface area contributed by atoms with Gasteiger partial charge in [-0.3, -0.25) is 9.59 Å². The van der Waals surface area contributed by atoms with Crippen LogP contribution in [0.15, 0.2) is 24.3 Å². The second kappa shape index (κ2) is 8.16. The van der Waals surface area contributed by atoms with E-state index in [1.54, 1.807) is 30.0 Å². The fourth-order valence-corrected chi connectivity index (χ4v) is 4.32. The van der Waals surface area contributed by atoms with Crippen molar-refractivity contribution in [2.75, 3.05) is 40.3 Å². The highest BCUT2D eigenvalue weighted by Gasteiger charge is 2.50. The Kier molecular flexibility index (Phi) is 5.86. The smallest absolute Gasteiger partial charge is 0.320 e. The van der Waals surface area contributed by atoms with Crippen LogP contribution in [-0.4, -0.2) is 72.8 Å². The predicted molar refractivity (Wildman–Crippen MR) is 102 cm³/mol. The Morgan fingerprint density at radius 3 is 2.61 bits per heavy atom. The standard InChI is InChI=1S/C20H27FN4O3/c1-13(26)22-8-7-18(27)24-10-15-11-25(20(28)23(2)3)19(17(15)12-24)14-5-4-6-16(21)9-14/h4-6,9,15,17,19H,7-8,10-12H2,1-3H3,(H,22,26)/t15-,17-,19-/m1/s1. The van der Waals surface area contributed by atoms with Crippen molar-refractivity contribution in [3.8, 4) is 0 Å². The van der Waals surface area contributed by atoms with Crippen LogP contribution >= 0.6 is 0 Å². The van der Waals surface area contributed by atoms with Gasteiger partial charge in [-0.15, -0.1) is 0 Å². The molecule has 3 rings (SSSR count). The summed E-state index contributed by atoms with van der Waals surface area (Å²) in [6.07, 6.45) is 0.254. The maximum absolute atomic E-state index is 13.8. The van der Waals surface area contributed by atoms with Gasteiger partial charge in [-0.2, -0.15) is 0 Å². The third kappa shape index (κ3) is 4.10. The topological polar surface area (TPSA) is 73.0 Å². The third-order valence-electron chi connectivity index (χ3n) is 5.55. The summed E-state index contributed by atoms with van der Waals surface area (Å²) in [6.45, 7) is 3.39. The van der Waals surface area contributed by atoms with E-state index in [2.05, 4.69) is 5.32 Å². The van der Waals surface area contributed by atoms with Crippen molar-refractivity contribution >= 4 is 17.8 Å². The number of nitrogens with zero attached hydrogens (tertiary/aromatic N) is 3. The molecule has 0 saturated carbocycles. The lowest BCUT2D eigenvalue weighted by molar-refractivity contribution is -0.130. The van der Waals surface area contributed by atoms with Gasteiger partial charge >= 0.3 is 6.03 Å². The summed E-state index contributed by atoms with van der Waals surface area (Å²) in [5, 5.41) is 2.64. The first-order chi connectivity index (χ1) is 13.3. The molecule has 0 aromatic heterocycles. The zero-order valence-electron chi connectivity index (χ0n) is 16.5. The van der Waals surface area contributed by atoms with Gasteiger partial charge in [0.1, 0.15) is 5.82 Å². The molecule has 28 heavy (non-hydrogen) atoms. The molecule has 0 aliphatic carbocycles. The summed E-state index contributed by atoms with van der Waals surface area (Å²) < 4.78 is 13.8. The molecule has 7 nitrogen and oxygen atoms in total. The Morgan fingerprint density at radius 1 is 1.21 bits per heavy atom. The van der Waals surface area contributed by atoms with E-state index in [1.165, 1.54) is 24.0 Å². The van der Waals surface area contributed by atoms with E-state index in [4.69, 9.17) is 0 Å². The van der Waals surface area contributed by atoms with Crippen LogP contribution in [0.5, 0.6) is 0 Å². The Bertz CT molecular complexity index is 770. The summed E-state index contributed by atoms with van der Waals surface area (Å²) >= 11 is 0. The summed E-state index contributed by atoms with van der Waals surface area (Å²) in [6, 6.07) is 6.00. The number of nitrogens with one attached hydrogen (secondary N) is 1. The molecule has 8 heteroatoms. The van der Waals surface area contributed by atoms with Crippen LogP contribution < -0.4 is 5.32 Å². The van der Waals surface area contributed by atoms with E-state index in [1.807, 2.05) is 6.07 Å². The third-order valence-corrected chi connectivity index (χ3v) is 5.55. The lowest BCUT2D eigenvalue weighted by atomic mass is 9.89. The van der Waals surface area contributed by atoms with E-state index in [9.17, 15) is 18.8 Å². The lowest BCUT2D eigenvalue weighted by Gasteiger charge is -2.32. The van der Waals surface area contributed by atoms with E-state index in [0.29, 0.717) is 26.2 Å². The van der Waals surface area contributed by atoms with Crippen molar-refractivity contribution in [1.82, 2.24) is 20.0 Å². The summed E-state index contributed by atoms with van der Waals surface area (Å²) in [7, 11) is 3.41. The maximum atomic E-state index is 13.8. The Balaban J connectivity index is 1.77. The molecule has 0 unspecified atom stereocenters. The molecule has 1 aromatic rings. The SMILES string of the molecule is CC(=O)NCCC(=O)N1C[C@@H]2CN(C(=O)N(C)C)[C@H](c3cccc(F)c3)[C@@H]2C1. The average Bonchev–Trinajstić information content (AvgIpc) is 3.18. The van der Waals surface area contributed by atoms with Crippen LogP contribution in [-0.2, 0) is 9.59 Å². The minimum absolute atomic E-state index is 0.00775. The van der Waals surface area contributed by atoms with Gasteiger partial charge in [0.2, 0.25) is 11.8 Å². The van der Waals surface area contributed by atoms with E-state index in [0.717, 1.165) is 5.56 Å². The number of halogens is 1. The van der Waals surface area contributed by atoms with Crippen molar-refractivity contribution in [2.45, 2.75) is 19.4 Å². The number of fused-ring (bicyclic) bond motifs is 1. The van der Waals surface area contributed by atoms with Gasteiger partial charge < -0.3 is 20.0 Å². The highest BCUT2D eigenvalue weighted by Crippen LogP contribution is 2.45. The van der Waals surface area contributed by atoms with Crippen LogP contribution in [0.1, 0.15) is 24.9 Å². The molecule has 1 N–H and O–H groups in total. The van der Waals surface area contributed by atoms with Crippen LogP contribution in [0.4, 0.5) is 9.18 Å². The van der Waals surface area contributed by atoms with Crippen molar-refractivity contribution in [2.24, 2.45) is 11.8 Å². The predicted octanol–water partition coefficient (Wildman–Crippen LogP) is 1.46. The lowest BCUT2D eigenvalue weighted by Crippen LogP contribution is -2.42. The Morgan fingerprint density at radius 2 is 1.96 bits per heavy atom. The molecule has 3 atom stereocenters. The second-order valence-corrected chi connectivity index (χ2v) is 7.78. The molecule has 1 aromatic carbocycles. The van der Waals surface area contributed by atoms with Gasteiger partial charge in [0.25, 0.3) is 0 Å². The zero-order valence-corrected chi connectivity index (χ0v) is 16.5. The fourth-order valence-electron chi connectivity index (χ4n) is 4.32. The Hall–Kier alpha value is -2.64. The number of hydrogen-bond donors (Lipinski definition) is 1. The van der Waals surface area contributed by atoms with Gasteiger partial charge in [-0.05, 0) is 17.7 Å². The number of benzene rings is 1. The van der Waals surface area contributed by atoms with Crippen LogP contribution in [0, 0.1) is 17.7 Å². The van der Waals surface area contributed by atoms with Crippen molar-refractivity contribution in [1.29, 1.82) is 0 Å². The first-order valence-corrected chi connectivity index (χ1v) is 9.53. The number of hydrogen-bond acceptors (Lipinski definition) is 3. The van der Waals surface area contributed by atoms with Gasteiger partial charge in [-0.25, -0.2) is 9.18 Å². The molecule has 152 valence electrons. The van der Waals surface area contributed by atoms with E-state index >= 15 is 0 Å². The molecule has 4 amide bonds. The van der Waals surface area contributed by atoms with Crippen molar-refractivity contribution in [3.05, 3.63) is 35.6 Å². The molecule has 2 heterocycles. The molecular formula is C20H27FN4O3. The zero-order chi connectivity index (χ0) is 20.4. The number of rotatable bonds is 4. The largest absolute Gasteiger partial charge is 0.356 e.